The monoisotopic (exact) mass is 417 g/mol. The molecule has 5 rings (SSSR count). The van der Waals surface area contributed by atoms with Crippen molar-refractivity contribution >= 4 is 5.91 Å². The summed E-state index contributed by atoms with van der Waals surface area (Å²) in [6.07, 6.45) is 5.17. The molecule has 1 saturated heterocycles. The Morgan fingerprint density at radius 3 is 3.03 bits per heavy atom. The summed E-state index contributed by atoms with van der Waals surface area (Å²) in [5, 5.41) is 0. The van der Waals surface area contributed by atoms with Gasteiger partial charge in [-0.25, -0.2) is 4.98 Å². The summed E-state index contributed by atoms with van der Waals surface area (Å²) in [6.45, 7) is 1.45. The molecule has 0 bridgehead atoms. The Morgan fingerprint density at radius 2 is 2.13 bits per heavy atom. The van der Waals surface area contributed by atoms with E-state index in [-0.39, 0.29) is 17.9 Å². The van der Waals surface area contributed by atoms with E-state index < -0.39 is 0 Å². The van der Waals surface area contributed by atoms with Crippen LogP contribution in [0.1, 0.15) is 49.0 Å². The number of para-hydroxylation sites is 1. The first kappa shape index (κ1) is 19.7. The molecule has 6 nitrogen and oxygen atoms in total. The van der Waals surface area contributed by atoms with E-state index in [4.69, 9.17) is 9.47 Å². The molecule has 1 aromatic heterocycles. The van der Waals surface area contributed by atoms with Crippen LogP contribution in [0.2, 0.25) is 0 Å². The predicted octanol–water partition coefficient (Wildman–Crippen LogP) is 4.71. The number of carbonyl (C=O) groups is 1. The Kier molecular flexibility index (Phi) is 5.37. The van der Waals surface area contributed by atoms with Crippen LogP contribution in [0, 0.1) is 0 Å². The number of likely N-dealkylation sites (tertiary alicyclic amines) is 1. The van der Waals surface area contributed by atoms with Gasteiger partial charge in [-0.15, -0.1) is 0 Å². The number of fused-ring (bicyclic) bond motifs is 1. The molecule has 2 atom stereocenters. The highest BCUT2D eigenvalue weighted by atomic mass is 16.5. The average molecular weight is 418 g/mol. The number of amides is 1. The lowest BCUT2D eigenvalue weighted by molar-refractivity contribution is -0.132. The molecule has 1 amide bonds. The zero-order chi connectivity index (χ0) is 21.2. The van der Waals surface area contributed by atoms with Crippen LogP contribution in [0.4, 0.5) is 0 Å². The molecule has 31 heavy (non-hydrogen) atoms. The van der Waals surface area contributed by atoms with Crippen LogP contribution >= 0.6 is 0 Å². The molecule has 0 radical (unpaired) electrons. The first-order chi connectivity index (χ1) is 15.2. The van der Waals surface area contributed by atoms with Gasteiger partial charge in [-0.3, -0.25) is 4.79 Å². The fourth-order valence-electron chi connectivity index (χ4n) is 4.75. The van der Waals surface area contributed by atoms with E-state index in [0.29, 0.717) is 13.0 Å². The first-order valence-corrected chi connectivity index (χ1v) is 10.9. The third kappa shape index (κ3) is 3.90. The Bertz CT molecular complexity index is 1080. The summed E-state index contributed by atoms with van der Waals surface area (Å²) >= 11 is 0. The van der Waals surface area contributed by atoms with Crippen LogP contribution in [0.5, 0.6) is 11.5 Å². The molecule has 3 heterocycles. The maximum Gasteiger partial charge on any atom is 0.223 e. The maximum absolute atomic E-state index is 13.3. The second-order valence-corrected chi connectivity index (χ2v) is 8.24. The van der Waals surface area contributed by atoms with E-state index in [1.165, 1.54) is 0 Å². The number of imidazole rings is 1. The Labute approximate surface area is 182 Å². The molecule has 6 heteroatoms. The summed E-state index contributed by atoms with van der Waals surface area (Å²) in [5.74, 6) is 2.99. The summed E-state index contributed by atoms with van der Waals surface area (Å²) in [7, 11) is 1.66. The lowest BCUT2D eigenvalue weighted by Crippen LogP contribution is -2.32. The normalized spacial score (nSPS) is 20.2. The standard InChI is InChI=1S/C25H27N3O3/c1-30-19-7-4-6-18(14-19)21-16-26-25(27-21)22-9-5-12-28(22)24(29)15-17-11-13-31-23-10-3-2-8-20(17)23/h2-4,6-8,10,14,16-17,22H,5,9,11-13,15H2,1H3,(H,26,27)/t17-,22-/m0/s1. The number of aromatic amines is 1. The van der Waals surface area contributed by atoms with Crippen LogP contribution in [-0.4, -0.2) is 41.0 Å². The molecule has 160 valence electrons. The molecule has 2 aliphatic heterocycles. The van der Waals surface area contributed by atoms with Crippen LogP contribution < -0.4 is 9.47 Å². The lowest BCUT2D eigenvalue weighted by Gasteiger charge is -2.29. The first-order valence-electron chi connectivity index (χ1n) is 10.9. The smallest absolute Gasteiger partial charge is 0.223 e. The molecular formula is C25H27N3O3. The van der Waals surface area contributed by atoms with Crippen molar-refractivity contribution in [2.24, 2.45) is 0 Å². The highest BCUT2D eigenvalue weighted by molar-refractivity contribution is 5.78. The van der Waals surface area contributed by atoms with E-state index in [2.05, 4.69) is 16.0 Å². The number of carbonyl (C=O) groups excluding carboxylic acids is 1. The van der Waals surface area contributed by atoms with Crippen LogP contribution in [-0.2, 0) is 4.79 Å². The van der Waals surface area contributed by atoms with Gasteiger partial charge in [0.2, 0.25) is 5.91 Å². The second kappa shape index (κ2) is 8.46. The lowest BCUT2D eigenvalue weighted by atomic mass is 9.90. The zero-order valence-electron chi connectivity index (χ0n) is 17.7. The fraction of sp³-hybridized carbons (Fsp3) is 0.360. The SMILES string of the molecule is COc1cccc(-c2cnc([C@@H]3CCCN3C(=O)C[C@@H]3CCOc4ccccc43)[nH]2)c1. The van der Waals surface area contributed by atoms with Gasteiger partial charge in [-0.2, -0.15) is 0 Å². The van der Waals surface area contributed by atoms with Gasteiger partial charge in [-0.1, -0.05) is 30.3 Å². The number of aromatic nitrogens is 2. The zero-order valence-corrected chi connectivity index (χ0v) is 17.7. The minimum absolute atomic E-state index is 0.00180. The molecule has 1 N–H and O–H groups in total. The molecule has 2 aliphatic rings. The van der Waals surface area contributed by atoms with Crippen molar-refractivity contribution in [3.8, 4) is 22.8 Å². The number of rotatable bonds is 5. The van der Waals surface area contributed by atoms with E-state index in [9.17, 15) is 4.79 Å². The number of nitrogens with zero attached hydrogens (tertiary/aromatic N) is 2. The van der Waals surface area contributed by atoms with Gasteiger partial charge in [0.1, 0.15) is 17.3 Å². The molecule has 2 aromatic carbocycles. The van der Waals surface area contributed by atoms with Gasteiger partial charge in [0.15, 0.2) is 0 Å². The largest absolute Gasteiger partial charge is 0.497 e. The summed E-state index contributed by atoms with van der Waals surface area (Å²) in [6, 6.07) is 16.0. The molecule has 0 spiro atoms. The summed E-state index contributed by atoms with van der Waals surface area (Å²) < 4.78 is 11.1. The molecule has 3 aromatic rings. The van der Waals surface area contributed by atoms with Gasteiger partial charge in [0, 0.05) is 18.5 Å². The molecular weight excluding hydrogens is 390 g/mol. The Morgan fingerprint density at radius 1 is 1.23 bits per heavy atom. The summed E-state index contributed by atoms with van der Waals surface area (Å²) in [4.78, 5) is 23.4. The second-order valence-electron chi connectivity index (χ2n) is 8.24. The number of hydrogen-bond donors (Lipinski definition) is 1. The van der Waals surface area contributed by atoms with Crippen molar-refractivity contribution in [3.63, 3.8) is 0 Å². The number of methoxy groups -OCH3 is 1. The van der Waals surface area contributed by atoms with Crippen molar-refractivity contribution in [3.05, 3.63) is 66.1 Å². The maximum atomic E-state index is 13.3. The van der Waals surface area contributed by atoms with Crippen molar-refractivity contribution in [2.45, 2.75) is 37.6 Å². The van der Waals surface area contributed by atoms with Crippen molar-refractivity contribution < 1.29 is 14.3 Å². The predicted molar refractivity (Wildman–Crippen MR) is 118 cm³/mol. The van der Waals surface area contributed by atoms with Crippen LogP contribution in [0.15, 0.2) is 54.7 Å². The fourth-order valence-corrected chi connectivity index (χ4v) is 4.75. The van der Waals surface area contributed by atoms with E-state index in [1.54, 1.807) is 7.11 Å². The quantitative estimate of drug-likeness (QED) is 0.653. The van der Waals surface area contributed by atoms with Gasteiger partial charge in [0.05, 0.1) is 31.6 Å². The van der Waals surface area contributed by atoms with Crippen LogP contribution in [0.3, 0.4) is 0 Å². The van der Waals surface area contributed by atoms with E-state index in [0.717, 1.165) is 60.0 Å². The van der Waals surface area contributed by atoms with Crippen LogP contribution in [0.25, 0.3) is 11.3 Å². The Hall–Kier alpha value is -3.28. The van der Waals surface area contributed by atoms with Gasteiger partial charge >= 0.3 is 0 Å². The highest BCUT2D eigenvalue weighted by Crippen LogP contribution is 2.38. The number of H-pyrrole nitrogens is 1. The minimum Gasteiger partial charge on any atom is -0.497 e. The summed E-state index contributed by atoms with van der Waals surface area (Å²) in [5.41, 5.74) is 3.11. The molecule has 0 aliphatic carbocycles. The van der Waals surface area contributed by atoms with Crippen molar-refractivity contribution in [1.82, 2.24) is 14.9 Å². The topological polar surface area (TPSA) is 67.4 Å². The Balaban J connectivity index is 1.32. The molecule has 0 saturated carbocycles. The van der Waals surface area contributed by atoms with Gasteiger partial charge in [-0.05, 0) is 48.9 Å². The molecule has 1 fully saturated rings. The van der Waals surface area contributed by atoms with E-state index in [1.807, 2.05) is 53.6 Å². The average Bonchev–Trinajstić information content (AvgIpc) is 3.49. The highest BCUT2D eigenvalue weighted by Gasteiger charge is 2.34. The number of benzene rings is 2. The number of hydrogen-bond acceptors (Lipinski definition) is 4. The minimum atomic E-state index is 0.00180. The number of nitrogens with one attached hydrogen (secondary N) is 1. The van der Waals surface area contributed by atoms with Gasteiger partial charge in [0.25, 0.3) is 0 Å². The molecule has 0 unspecified atom stereocenters. The van der Waals surface area contributed by atoms with Gasteiger partial charge < -0.3 is 19.4 Å². The van der Waals surface area contributed by atoms with Crippen molar-refractivity contribution in [2.75, 3.05) is 20.3 Å². The third-order valence-electron chi connectivity index (χ3n) is 6.37. The third-order valence-corrected chi connectivity index (χ3v) is 6.37. The number of ether oxygens (including phenoxy) is 2. The van der Waals surface area contributed by atoms with Crippen molar-refractivity contribution in [1.29, 1.82) is 0 Å². The van der Waals surface area contributed by atoms with E-state index >= 15 is 0 Å².